The first kappa shape index (κ1) is 23.7. The van der Waals surface area contributed by atoms with Crippen LogP contribution < -0.4 is 5.32 Å². The molecule has 0 unspecified atom stereocenters. The van der Waals surface area contributed by atoms with Crippen LogP contribution in [0, 0.1) is 0 Å². The quantitative estimate of drug-likeness (QED) is 0.600. The number of hydrogen-bond donors (Lipinski definition) is 3. The number of aliphatic hydroxyl groups excluding tert-OH is 1. The van der Waals surface area contributed by atoms with Gasteiger partial charge in [-0.2, -0.15) is 13.2 Å². The summed E-state index contributed by atoms with van der Waals surface area (Å²) in [4.78, 5) is 20.9. The van der Waals surface area contributed by atoms with Crippen molar-refractivity contribution < 1.29 is 32.9 Å². The maximum Gasteiger partial charge on any atom is 0.417 e. The topological polar surface area (TPSA) is 104 Å². The van der Waals surface area contributed by atoms with Crippen molar-refractivity contribution in [1.29, 1.82) is 0 Å². The van der Waals surface area contributed by atoms with E-state index < -0.39 is 30.5 Å². The highest BCUT2D eigenvalue weighted by molar-refractivity contribution is 5.97. The molecule has 10 heteroatoms. The lowest BCUT2D eigenvalue weighted by atomic mass is 9.91. The molecule has 3 N–H and O–H groups in total. The molecule has 1 aromatic heterocycles. The molecule has 0 bridgehead atoms. The highest BCUT2D eigenvalue weighted by Crippen LogP contribution is 2.26. The Bertz CT molecular complexity index is 988. The van der Waals surface area contributed by atoms with Crippen molar-refractivity contribution in [2.45, 2.75) is 50.7 Å². The van der Waals surface area contributed by atoms with Crippen molar-refractivity contribution in [2.75, 3.05) is 6.61 Å². The summed E-state index contributed by atoms with van der Waals surface area (Å²) in [6.45, 7) is 2.41. The zero-order chi connectivity index (χ0) is 23.5. The fourth-order valence-corrected chi connectivity index (χ4v) is 3.27. The summed E-state index contributed by atoms with van der Waals surface area (Å²) in [5, 5.41) is 22.4. The minimum atomic E-state index is -4.78. The Morgan fingerprint density at radius 2 is 1.94 bits per heavy atom. The van der Waals surface area contributed by atoms with Crippen LogP contribution in [-0.4, -0.2) is 51.5 Å². The average molecular weight is 451 g/mol. The number of halogens is 3. The monoisotopic (exact) mass is 451 g/mol. The number of amides is 1. The Balaban J connectivity index is 1.64. The smallest absolute Gasteiger partial charge is 0.417 e. The van der Waals surface area contributed by atoms with E-state index in [0.717, 1.165) is 5.56 Å². The maximum absolute atomic E-state index is 12.6. The van der Waals surface area contributed by atoms with Gasteiger partial charge in [0.25, 0.3) is 0 Å². The summed E-state index contributed by atoms with van der Waals surface area (Å²) in [5.41, 5.74) is 1.06. The number of hydrogen-bond acceptors (Lipinski definition) is 6. The Morgan fingerprint density at radius 3 is 2.56 bits per heavy atom. The molecule has 0 radical (unpaired) electrons. The van der Waals surface area contributed by atoms with E-state index in [0.29, 0.717) is 16.8 Å². The number of aliphatic hydroxyl groups is 2. The molecule has 2 atom stereocenters. The Labute approximate surface area is 183 Å². The van der Waals surface area contributed by atoms with Crippen molar-refractivity contribution in [1.82, 2.24) is 10.3 Å². The van der Waals surface area contributed by atoms with Gasteiger partial charge >= 0.3 is 6.18 Å². The van der Waals surface area contributed by atoms with Gasteiger partial charge in [0.1, 0.15) is 6.61 Å². The number of alkyl halides is 3. The molecule has 3 rings (SSSR count). The largest absolute Gasteiger partial charge is 0.474 e. The Kier molecular flexibility index (Phi) is 6.85. The van der Waals surface area contributed by atoms with Crippen LogP contribution in [0.1, 0.15) is 42.3 Å². The summed E-state index contributed by atoms with van der Waals surface area (Å²) in [5.74, 6) is -0.380. The molecule has 1 amide bonds. The number of rotatable bonds is 7. The lowest BCUT2D eigenvalue weighted by molar-refractivity contribution is -0.211. The predicted molar refractivity (Wildman–Crippen MR) is 110 cm³/mol. The highest BCUT2D eigenvalue weighted by Gasteiger charge is 2.39. The van der Waals surface area contributed by atoms with Gasteiger partial charge in [-0.05, 0) is 31.0 Å². The van der Waals surface area contributed by atoms with Gasteiger partial charge in [0.05, 0.1) is 35.9 Å². The number of aliphatic imine (C=N–C) groups is 1. The third-order valence-electron chi connectivity index (χ3n) is 4.91. The van der Waals surface area contributed by atoms with Crippen LogP contribution in [0.3, 0.4) is 0 Å². The molecular weight excluding hydrogens is 427 g/mol. The summed E-state index contributed by atoms with van der Waals surface area (Å²) in [6.07, 6.45) is -6.07. The number of nitrogens with zero attached hydrogens (tertiary/aromatic N) is 2. The lowest BCUT2D eigenvalue weighted by Gasteiger charge is -2.30. The van der Waals surface area contributed by atoms with Gasteiger partial charge in [0.15, 0.2) is 6.10 Å². The number of pyridine rings is 1. The number of aromatic nitrogens is 1. The van der Waals surface area contributed by atoms with Crippen LogP contribution in [0.25, 0.3) is 0 Å². The van der Waals surface area contributed by atoms with E-state index in [1.165, 1.54) is 6.20 Å². The zero-order valence-electron chi connectivity index (χ0n) is 17.6. The van der Waals surface area contributed by atoms with E-state index in [9.17, 15) is 23.1 Å². The molecule has 172 valence electrons. The minimum absolute atomic E-state index is 0.0297. The van der Waals surface area contributed by atoms with Crippen LogP contribution in [0.4, 0.5) is 13.2 Å². The van der Waals surface area contributed by atoms with E-state index in [1.807, 2.05) is 30.3 Å². The van der Waals surface area contributed by atoms with E-state index >= 15 is 0 Å². The molecule has 2 aromatic rings. The molecule has 0 fully saturated rings. The summed E-state index contributed by atoms with van der Waals surface area (Å²) in [7, 11) is 0. The standard InChI is InChI=1S/C22H24F3N3O4/c1-21(2,31)19(13-6-4-3-5-7-13)28-18(30)9-15-8-14-10-27-20(16(14)11-26-15)32-12-17(29)22(23,24)25/h3-8,11,17,19,29,31H,9-10,12H2,1-2H3,(H,28,30)/t17-,19-/m0/s1. The summed E-state index contributed by atoms with van der Waals surface area (Å²) in [6, 6.07) is 10.1. The first-order chi connectivity index (χ1) is 14.9. The van der Waals surface area contributed by atoms with Gasteiger partial charge in [-0.15, -0.1) is 0 Å². The van der Waals surface area contributed by atoms with Gasteiger partial charge in [-0.1, -0.05) is 30.3 Å². The molecular formula is C22H24F3N3O4. The van der Waals surface area contributed by atoms with Gasteiger partial charge in [0, 0.05) is 6.20 Å². The fourth-order valence-electron chi connectivity index (χ4n) is 3.27. The zero-order valence-corrected chi connectivity index (χ0v) is 17.6. The van der Waals surface area contributed by atoms with E-state index in [4.69, 9.17) is 9.84 Å². The Morgan fingerprint density at radius 1 is 1.25 bits per heavy atom. The molecule has 1 aromatic carbocycles. The molecule has 7 nitrogen and oxygen atoms in total. The Hall–Kier alpha value is -2.98. The number of fused-ring (bicyclic) bond motifs is 1. The minimum Gasteiger partial charge on any atom is -0.474 e. The van der Waals surface area contributed by atoms with Crippen LogP contribution in [0.5, 0.6) is 0 Å². The molecule has 2 heterocycles. The fraction of sp³-hybridized carbons (Fsp3) is 0.409. The van der Waals surface area contributed by atoms with Crippen molar-refractivity contribution in [3.05, 3.63) is 65.0 Å². The number of ether oxygens (including phenoxy) is 1. The molecule has 1 aliphatic heterocycles. The van der Waals surface area contributed by atoms with Crippen molar-refractivity contribution in [3.8, 4) is 0 Å². The van der Waals surface area contributed by atoms with Crippen LogP contribution in [0.15, 0.2) is 47.6 Å². The van der Waals surface area contributed by atoms with Gasteiger partial charge in [-0.3, -0.25) is 9.78 Å². The van der Waals surface area contributed by atoms with E-state index in [1.54, 1.807) is 19.9 Å². The van der Waals surface area contributed by atoms with Crippen molar-refractivity contribution in [2.24, 2.45) is 4.99 Å². The number of carbonyl (C=O) groups is 1. The number of benzene rings is 1. The summed E-state index contributed by atoms with van der Waals surface area (Å²) < 4.78 is 42.3. The molecule has 32 heavy (non-hydrogen) atoms. The van der Waals surface area contributed by atoms with Gasteiger partial charge in [0.2, 0.25) is 11.8 Å². The maximum atomic E-state index is 12.6. The van der Waals surface area contributed by atoms with Crippen molar-refractivity contribution >= 4 is 11.8 Å². The van der Waals surface area contributed by atoms with Crippen LogP contribution in [-0.2, 0) is 22.5 Å². The van der Waals surface area contributed by atoms with Crippen molar-refractivity contribution in [3.63, 3.8) is 0 Å². The first-order valence-electron chi connectivity index (χ1n) is 9.92. The molecule has 1 aliphatic rings. The predicted octanol–water partition coefficient (Wildman–Crippen LogP) is 2.45. The van der Waals surface area contributed by atoms with Gasteiger partial charge < -0.3 is 20.3 Å². The number of carbonyl (C=O) groups excluding carboxylic acids is 1. The van der Waals surface area contributed by atoms with Crippen LogP contribution >= 0.6 is 0 Å². The molecule has 0 saturated carbocycles. The second-order valence-corrected chi connectivity index (χ2v) is 8.06. The third-order valence-corrected chi connectivity index (χ3v) is 4.91. The summed E-state index contributed by atoms with van der Waals surface area (Å²) >= 11 is 0. The normalized spacial score (nSPS) is 15.5. The highest BCUT2D eigenvalue weighted by atomic mass is 19.4. The second kappa shape index (κ2) is 9.25. The average Bonchev–Trinajstić information content (AvgIpc) is 3.11. The second-order valence-electron chi connectivity index (χ2n) is 8.06. The number of nitrogens with one attached hydrogen (secondary N) is 1. The first-order valence-corrected chi connectivity index (χ1v) is 9.92. The van der Waals surface area contributed by atoms with E-state index in [2.05, 4.69) is 15.3 Å². The molecule has 0 saturated heterocycles. The lowest BCUT2D eigenvalue weighted by Crippen LogP contribution is -2.42. The van der Waals surface area contributed by atoms with E-state index in [-0.39, 0.29) is 24.8 Å². The third kappa shape index (κ3) is 5.83. The van der Waals surface area contributed by atoms with Crippen LogP contribution in [0.2, 0.25) is 0 Å². The SMILES string of the molecule is CC(C)(O)[C@@H](NC(=O)Cc1cc2c(cn1)C(OC[C@H](O)C(F)(F)F)=NC2)c1ccccc1. The molecule has 0 aliphatic carbocycles. The van der Waals surface area contributed by atoms with Gasteiger partial charge in [-0.25, -0.2) is 4.99 Å². The molecule has 0 spiro atoms.